The summed E-state index contributed by atoms with van der Waals surface area (Å²) in [6.07, 6.45) is 3.27. The van der Waals surface area contributed by atoms with E-state index in [2.05, 4.69) is 108 Å². The van der Waals surface area contributed by atoms with Crippen molar-refractivity contribution < 1.29 is 4.74 Å². The van der Waals surface area contributed by atoms with Crippen LogP contribution in [0.3, 0.4) is 0 Å². The van der Waals surface area contributed by atoms with Crippen LogP contribution in [0.1, 0.15) is 78.9 Å². The molecule has 0 aromatic heterocycles. The zero-order chi connectivity index (χ0) is 21.5. The first-order valence-electron chi connectivity index (χ1n) is 11.2. The van der Waals surface area contributed by atoms with E-state index in [9.17, 15) is 0 Å². The third kappa shape index (κ3) is 6.60. The summed E-state index contributed by atoms with van der Waals surface area (Å²) in [4.78, 5) is 0. The van der Waals surface area contributed by atoms with E-state index in [1.165, 1.54) is 11.1 Å². The second kappa shape index (κ2) is 9.80. The number of ether oxygens (including phenoxy) is 1. The molecule has 0 spiro atoms. The largest absolute Gasteiger partial charge is 0.492 e. The fourth-order valence-corrected chi connectivity index (χ4v) is 4.66. The monoisotopic (exact) mass is 395 g/mol. The lowest BCUT2D eigenvalue weighted by molar-refractivity contribution is 0.254. The molecule has 2 aromatic rings. The molecule has 0 aliphatic rings. The van der Waals surface area contributed by atoms with E-state index in [4.69, 9.17) is 4.74 Å². The normalized spacial score (nSPS) is 12.8. The van der Waals surface area contributed by atoms with Gasteiger partial charge in [0.25, 0.3) is 0 Å². The molecule has 0 radical (unpaired) electrons. The van der Waals surface area contributed by atoms with Crippen LogP contribution in [-0.2, 0) is 11.0 Å². The second-order valence-corrected chi connectivity index (χ2v) is 10.1. The van der Waals surface area contributed by atoms with Gasteiger partial charge in [-0.15, -0.1) is 0 Å². The summed E-state index contributed by atoms with van der Waals surface area (Å²) in [6, 6.07) is 19.4. The van der Waals surface area contributed by atoms with E-state index in [1.54, 1.807) is 0 Å². The summed E-state index contributed by atoms with van der Waals surface area (Å²) in [5.74, 6) is 0.945. The molecule has 29 heavy (non-hydrogen) atoms. The molecular weight excluding hydrogens is 354 g/mol. The van der Waals surface area contributed by atoms with Gasteiger partial charge in [-0.05, 0) is 53.4 Å². The van der Waals surface area contributed by atoms with Crippen molar-refractivity contribution in [3.8, 4) is 5.75 Å². The molecule has 0 aliphatic heterocycles. The summed E-state index contributed by atoms with van der Waals surface area (Å²) < 4.78 is 6.03. The minimum absolute atomic E-state index is 0.0193. The van der Waals surface area contributed by atoms with Gasteiger partial charge in [0.2, 0.25) is 0 Å². The van der Waals surface area contributed by atoms with E-state index in [0.29, 0.717) is 12.0 Å². The van der Waals surface area contributed by atoms with Gasteiger partial charge in [-0.3, -0.25) is 0 Å². The van der Waals surface area contributed by atoms with Gasteiger partial charge in [0.15, 0.2) is 0 Å². The smallest absolute Gasteiger partial charge is 0.119 e. The molecule has 2 aromatic carbocycles. The third-order valence-electron chi connectivity index (χ3n) is 5.98. The molecule has 2 nitrogen and oxygen atoms in total. The number of rotatable bonds is 10. The van der Waals surface area contributed by atoms with Gasteiger partial charge in [-0.1, -0.05) is 90.9 Å². The van der Waals surface area contributed by atoms with E-state index in [-0.39, 0.29) is 11.0 Å². The van der Waals surface area contributed by atoms with Crippen molar-refractivity contribution >= 4 is 0 Å². The van der Waals surface area contributed by atoms with Crippen LogP contribution < -0.4 is 10.1 Å². The van der Waals surface area contributed by atoms with Crippen molar-refractivity contribution in [2.24, 2.45) is 5.41 Å². The van der Waals surface area contributed by atoms with Crippen molar-refractivity contribution in [3.05, 3.63) is 65.7 Å². The molecule has 0 aliphatic carbocycles. The average molecular weight is 396 g/mol. The van der Waals surface area contributed by atoms with E-state index in [0.717, 1.165) is 31.6 Å². The van der Waals surface area contributed by atoms with Gasteiger partial charge < -0.3 is 10.1 Å². The molecule has 0 atom stereocenters. The summed E-state index contributed by atoms with van der Waals surface area (Å²) in [7, 11) is 0. The maximum absolute atomic E-state index is 6.03. The van der Waals surface area contributed by atoms with Gasteiger partial charge in [0.05, 0.1) is 0 Å². The molecule has 160 valence electrons. The zero-order valence-corrected chi connectivity index (χ0v) is 19.6. The van der Waals surface area contributed by atoms with Crippen LogP contribution in [0.5, 0.6) is 5.75 Å². The van der Waals surface area contributed by atoms with Gasteiger partial charge in [0, 0.05) is 12.1 Å². The minimum Gasteiger partial charge on any atom is -0.492 e. The number of benzene rings is 2. The Balaban J connectivity index is 1.92. The lowest BCUT2D eigenvalue weighted by Gasteiger charge is -2.34. The van der Waals surface area contributed by atoms with Crippen molar-refractivity contribution in [1.82, 2.24) is 5.32 Å². The summed E-state index contributed by atoms with van der Waals surface area (Å²) in [5, 5.41) is 3.76. The number of nitrogens with one attached hydrogen (secondary N) is 1. The maximum Gasteiger partial charge on any atom is 0.119 e. The van der Waals surface area contributed by atoms with Crippen LogP contribution in [0.2, 0.25) is 0 Å². The van der Waals surface area contributed by atoms with E-state index < -0.39 is 0 Å². The zero-order valence-electron chi connectivity index (χ0n) is 19.6. The molecule has 2 heteroatoms. The standard InChI is InChI=1S/C27H41NO/c1-8-27(9-2,23-13-11-10-12-14-23)28-19-20-29-24-17-15-22(16-18-24)26(6,7)21-25(3,4)5/h10-18,28H,8-9,19-21H2,1-7H3. The average Bonchev–Trinajstić information content (AvgIpc) is 2.68. The number of hydrogen-bond acceptors (Lipinski definition) is 2. The first-order valence-corrected chi connectivity index (χ1v) is 11.2. The summed E-state index contributed by atoms with van der Waals surface area (Å²) in [5.41, 5.74) is 3.23. The van der Waals surface area contributed by atoms with Gasteiger partial charge in [0.1, 0.15) is 12.4 Å². The van der Waals surface area contributed by atoms with Crippen LogP contribution in [0.25, 0.3) is 0 Å². The highest BCUT2D eigenvalue weighted by atomic mass is 16.5. The van der Waals surface area contributed by atoms with Crippen molar-refractivity contribution in [2.45, 2.75) is 78.7 Å². The van der Waals surface area contributed by atoms with Gasteiger partial charge >= 0.3 is 0 Å². The molecule has 2 rings (SSSR count). The Morgan fingerprint density at radius 3 is 1.86 bits per heavy atom. The lowest BCUT2D eigenvalue weighted by Crippen LogP contribution is -2.43. The van der Waals surface area contributed by atoms with Crippen molar-refractivity contribution in [1.29, 1.82) is 0 Å². The highest BCUT2D eigenvalue weighted by Crippen LogP contribution is 2.36. The molecule has 0 bridgehead atoms. The molecular formula is C27H41NO. The fourth-order valence-electron chi connectivity index (χ4n) is 4.66. The fraction of sp³-hybridized carbons (Fsp3) is 0.556. The Morgan fingerprint density at radius 2 is 1.34 bits per heavy atom. The SMILES string of the molecule is CCC(CC)(NCCOc1ccc(C(C)(C)CC(C)(C)C)cc1)c1ccccc1. The van der Waals surface area contributed by atoms with Crippen LogP contribution in [-0.4, -0.2) is 13.2 Å². The summed E-state index contributed by atoms with van der Waals surface area (Å²) in [6.45, 7) is 17.6. The molecule has 0 fully saturated rings. The number of hydrogen-bond donors (Lipinski definition) is 1. The molecule has 1 N–H and O–H groups in total. The van der Waals surface area contributed by atoms with Crippen molar-refractivity contribution in [2.75, 3.05) is 13.2 Å². The van der Waals surface area contributed by atoms with Crippen LogP contribution in [0.4, 0.5) is 0 Å². The predicted octanol–water partition coefficient (Wildman–Crippen LogP) is 7.08. The molecule has 0 heterocycles. The van der Waals surface area contributed by atoms with Crippen LogP contribution >= 0.6 is 0 Å². The molecule has 0 amide bonds. The molecule has 0 saturated heterocycles. The Bertz CT molecular complexity index is 721. The van der Waals surface area contributed by atoms with E-state index in [1.807, 2.05) is 0 Å². The quantitative estimate of drug-likeness (QED) is 0.434. The predicted molar refractivity (Wildman–Crippen MR) is 126 cm³/mol. The Kier molecular flexibility index (Phi) is 7.94. The molecule has 0 saturated carbocycles. The Hall–Kier alpha value is -1.80. The van der Waals surface area contributed by atoms with Crippen molar-refractivity contribution in [3.63, 3.8) is 0 Å². The lowest BCUT2D eigenvalue weighted by atomic mass is 9.72. The Morgan fingerprint density at radius 1 is 0.759 bits per heavy atom. The second-order valence-electron chi connectivity index (χ2n) is 10.1. The minimum atomic E-state index is 0.0193. The molecule has 0 unspecified atom stereocenters. The topological polar surface area (TPSA) is 21.3 Å². The highest BCUT2D eigenvalue weighted by molar-refractivity contribution is 5.32. The van der Waals surface area contributed by atoms with Crippen LogP contribution in [0.15, 0.2) is 54.6 Å². The van der Waals surface area contributed by atoms with Gasteiger partial charge in [-0.2, -0.15) is 0 Å². The maximum atomic E-state index is 6.03. The van der Waals surface area contributed by atoms with Crippen LogP contribution in [0, 0.1) is 5.41 Å². The first kappa shape index (κ1) is 23.5. The third-order valence-corrected chi connectivity index (χ3v) is 5.98. The first-order chi connectivity index (χ1) is 13.6. The summed E-state index contributed by atoms with van der Waals surface area (Å²) >= 11 is 0. The van der Waals surface area contributed by atoms with E-state index >= 15 is 0 Å². The van der Waals surface area contributed by atoms with Gasteiger partial charge in [-0.25, -0.2) is 0 Å². The highest BCUT2D eigenvalue weighted by Gasteiger charge is 2.28. The Labute approximate surface area is 179 Å².